The lowest BCUT2D eigenvalue weighted by atomic mass is 9.68. The molecule has 30 heavy (non-hydrogen) atoms. The molecule has 1 aliphatic rings. The third-order valence-electron chi connectivity index (χ3n) is 5.85. The molecule has 4 nitrogen and oxygen atoms in total. The van der Waals surface area contributed by atoms with E-state index in [2.05, 4.69) is 29.9 Å². The number of halogens is 1. The fourth-order valence-corrected chi connectivity index (χ4v) is 4.00. The van der Waals surface area contributed by atoms with E-state index in [4.69, 9.17) is 5.73 Å². The number of nitrogens with zero attached hydrogens (tertiary/aromatic N) is 2. The molecule has 5 heteroatoms. The predicted octanol–water partition coefficient (Wildman–Crippen LogP) is 4.36. The number of aromatic nitrogens is 2. The summed E-state index contributed by atoms with van der Waals surface area (Å²) in [5.41, 5.74) is 10.6. The molecule has 2 atom stereocenters. The van der Waals surface area contributed by atoms with Crippen molar-refractivity contribution in [2.45, 2.75) is 32.8 Å². The zero-order valence-corrected chi connectivity index (χ0v) is 17.1. The van der Waals surface area contributed by atoms with Crippen LogP contribution in [-0.4, -0.2) is 21.0 Å². The van der Waals surface area contributed by atoms with Gasteiger partial charge < -0.3 is 10.8 Å². The van der Waals surface area contributed by atoms with Gasteiger partial charge in [-0.15, -0.1) is 0 Å². The molecular weight excluding hydrogens is 377 g/mol. The summed E-state index contributed by atoms with van der Waals surface area (Å²) in [6, 6.07) is 13.7. The average molecular weight is 401 g/mol. The molecule has 0 bridgehead atoms. The van der Waals surface area contributed by atoms with E-state index in [9.17, 15) is 9.50 Å². The van der Waals surface area contributed by atoms with Crippen molar-refractivity contribution >= 4 is 11.8 Å². The van der Waals surface area contributed by atoms with Gasteiger partial charge in [-0.05, 0) is 60.9 Å². The van der Waals surface area contributed by atoms with E-state index in [0.717, 1.165) is 28.9 Å². The molecular formula is C25H24FN3O. The van der Waals surface area contributed by atoms with Gasteiger partial charge >= 0.3 is 0 Å². The summed E-state index contributed by atoms with van der Waals surface area (Å²) in [5.74, 6) is 5.76. The molecule has 0 spiro atoms. The van der Waals surface area contributed by atoms with E-state index in [-0.39, 0.29) is 5.82 Å². The van der Waals surface area contributed by atoms with Crippen LogP contribution in [0.2, 0.25) is 0 Å². The third-order valence-corrected chi connectivity index (χ3v) is 5.85. The van der Waals surface area contributed by atoms with Crippen LogP contribution < -0.4 is 5.73 Å². The second-order valence-corrected chi connectivity index (χ2v) is 7.82. The zero-order valence-electron chi connectivity index (χ0n) is 17.1. The molecule has 1 heterocycles. The number of rotatable bonds is 3. The second kappa shape index (κ2) is 7.81. The first-order valence-corrected chi connectivity index (χ1v) is 10.0. The molecule has 0 amide bonds. The highest BCUT2D eigenvalue weighted by atomic mass is 19.1. The summed E-state index contributed by atoms with van der Waals surface area (Å²) >= 11 is 0. The zero-order chi connectivity index (χ0) is 21.3. The van der Waals surface area contributed by atoms with Gasteiger partial charge in [0.25, 0.3) is 0 Å². The Balaban J connectivity index is 1.69. The van der Waals surface area contributed by atoms with Crippen molar-refractivity contribution in [3.05, 3.63) is 82.9 Å². The number of para-hydroxylation sites is 1. The van der Waals surface area contributed by atoms with Crippen molar-refractivity contribution in [1.29, 1.82) is 0 Å². The molecule has 1 aromatic heterocycles. The Kier molecular flexibility index (Phi) is 5.19. The molecule has 0 aliphatic heterocycles. The molecule has 1 unspecified atom stereocenters. The Hall–Kier alpha value is -3.36. The number of anilines is 1. The van der Waals surface area contributed by atoms with Crippen LogP contribution in [0.1, 0.15) is 37.1 Å². The van der Waals surface area contributed by atoms with Crippen molar-refractivity contribution < 1.29 is 9.50 Å². The van der Waals surface area contributed by atoms with Crippen LogP contribution in [0, 0.1) is 23.1 Å². The summed E-state index contributed by atoms with van der Waals surface area (Å²) in [6.45, 7) is 4.11. The number of benzene rings is 2. The third kappa shape index (κ3) is 3.51. The smallest absolute Gasteiger partial charge is 0.124 e. The molecule has 4 rings (SSSR count). The van der Waals surface area contributed by atoms with Crippen molar-refractivity contribution in [3.8, 4) is 17.5 Å². The molecule has 0 saturated carbocycles. The molecule has 0 radical (unpaired) electrons. The van der Waals surface area contributed by atoms with Gasteiger partial charge in [0.2, 0.25) is 0 Å². The lowest BCUT2D eigenvalue weighted by Crippen LogP contribution is -2.37. The molecule has 152 valence electrons. The quantitative estimate of drug-likeness (QED) is 0.506. The summed E-state index contributed by atoms with van der Waals surface area (Å²) in [5, 5.41) is 15.6. The highest BCUT2D eigenvalue weighted by Crippen LogP contribution is 2.43. The van der Waals surface area contributed by atoms with Gasteiger partial charge in [0.1, 0.15) is 11.9 Å². The first-order valence-electron chi connectivity index (χ1n) is 10.0. The molecule has 0 saturated heterocycles. The minimum Gasteiger partial charge on any atom is -0.398 e. The SMILES string of the molecule is CCC1=Cc2c(cnn2-c2ccc(F)cc2)CC1(C)[C@@H](O)C#Cc1ccccc1N. The maximum atomic E-state index is 13.3. The first-order chi connectivity index (χ1) is 14.4. The number of hydrogen-bond donors (Lipinski definition) is 2. The number of aliphatic hydroxyl groups excluding tert-OH is 1. The van der Waals surface area contributed by atoms with E-state index in [1.807, 2.05) is 36.0 Å². The van der Waals surface area contributed by atoms with Crippen molar-refractivity contribution in [1.82, 2.24) is 9.78 Å². The van der Waals surface area contributed by atoms with Crippen molar-refractivity contribution in [2.24, 2.45) is 5.41 Å². The van der Waals surface area contributed by atoms with Gasteiger partial charge in [0.15, 0.2) is 0 Å². The molecule has 0 fully saturated rings. The Bertz CT molecular complexity index is 1170. The van der Waals surface area contributed by atoms with E-state index < -0.39 is 11.5 Å². The Morgan fingerprint density at radius 2 is 1.97 bits per heavy atom. The highest BCUT2D eigenvalue weighted by Gasteiger charge is 2.39. The molecule has 1 aliphatic carbocycles. The molecule has 3 N–H and O–H groups in total. The number of nitrogen functional groups attached to an aromatic ring is 1. The summed E-state index contributed by atoms with van der Waals surface area (Å²) in [6.07, 6.45) is 4.43. The lowest BCUT2D eigenvalue weighted by molar-refractivity contribution is 0.109. The number of hydrogen-bond acceptors (Lipinski definition) is 3. The number of fused-ring (bicyclic) bond motifs is 1. The van der Waals surface area contributed by atoms with Crippen LogP contribution >= 0.6 is 0 Å². The van der Waals surface area contributed by atoms with E-state index in [1.54, 1.807) is 18.2 Å². The van der Waals surface area contributed by atoms with Crippen LogP contribution in [0.15, 0.2) is 60.3 Å². The van der Waals surface area contributed by atoms with Crippen LogP contribution in [-0.2, 0) is 6.42 Å². The maximum absolute atomic E-state index is 13.3. The standard InChI is InChI=1S/C25H24FN3O/c1-3-19-14-23-18(16-28-29(23)21-11-9-20(26)10-12-21)15-25(19,2)24(30)13-8-17-6-4-5-7-22(17)27/h4-7,9-12,14,16,24,30H,3,15,27H2,1-2H3/t24-,25?/m0/s1. The van der Waals surface area contributed by atoms with Crippen LogP contribution in [0.4, 0.5) is 10.1 Å². The highest BCUT2D eigenvalue weighted by molar-refractivity contribution is 5.62. The van der Waals surface area contributed by atoms with E-state index >= 15 is 0 Å². The van der Waals surface area contributed by atoms with Crippen molar-refractivity contribution in [3.63, 3.8) is 0 Å². The first kappa shape index (κ1) is 19.9. The average Bonchev–Trinajstić information content (AvgIpc) is 3.15. The Labute approximate surface area is 175 Å². The molecule has 3 aromatic rings. The topological polar surface area (TPSA) is 64.1 Å². The van der Waals surface area contributed by atoms with Gasteiger partial charge in [-0.25, -0.2) is 9.07 Å². The minimum atomic E-state index is -0.856. The van der Waals surface area contributed by atoms with E-state index in [1.165, 1.54) is 12.1 Å². The van der Waals surface area contributed by atoms with E-state index in [0.29, 0.717) is 17.7 Å². The van der Waals surface area contributed by atoms with Gasteiger partial charge in [0, 0.05) is 16.7 Å². The fourth-order valence-electron chi connectivity index (χ4n) is 4.00. The van der Waals surface area contributed by atoms with Crippen LogP contribution in [0.5, 0.6) is 0 Å². The van der Waals surface area contributed by atoms with Gasteiger partial charge in [-0.2, -0.15) is 5.10 Å². The second-order valence-electron chi connectivity index (χ2n) is 7.82. The number of nitrogens with two attached hydrogens (primary N) is 1. The van der Waals surface area contributed by atoms with Crippen molar-refractivity contribution in [2.75, 3.05) is 5.73 Å². The molecule has 2 aromatic carbocycles. The monoisotopic (exact) mass is 401 g/mol. The Morgan fingerprint density at radius 1 is 1.23 bits per heavy atom. The van der Waals surface area contributed by atoms with Crippen LogP contribution in [0.3, 0.4) is 0 Å². The van der Waals surface area contributed by atoms with Crippen LogP contribution in [0.25, 0.3) is 11.8 Å². The largest absolute Gasteiger partial charge is 0.398 e. The lowest BCUT2D eigenvalue weighted by Gasteiger charge is -2.37. The summed E-state index contributed by atoms with van der Waals surface area (Å²) in [7, 11) is 0. The number of aliphatic hydroxyl groups is 1. The maximum Gasteiger partial charge on any atom is 0.124 e. The minimum absolute atomic E-state index is 0.280. The normalized spacial score (nSPS) is 18.7. The Morgan fingerprint density at radius 3 is 2.67 bits per heavy atom. The fraction of sp³-hybridized carbons (Fsp3) is 0.240. The van der Waals surface area contributed by atoms with Gasteiger partial charge in [0.05, 0.1) is 17.6 Å². The summed E-state index contributed by atoms with van der Waals surface area (Å²) in [4.78, 5) is 0. The predicted molar refractivity (Wildman–Crippen MR) is 117 cm³/mol. The van der Waals surface area contributed by atoms with Gasteiger partial charge in [-0.3, -0.25) is 0 Å². The van der Waals surface area contributed by atoms with Gasteiger partial charge in [-0.1, -0.05) is 43.4 Å². The summed E-state index contributed by atoms with van der Waals surface area (Å²) < 4.78 is 15.1.